The van der Waals surface area contributed by atoms with Crippen molar-refractivity contribution in [2.45, 2.75) is 103 Å². The molecule has 3 aromatic heterocycles. The molecule has 9 amide bonds. The van der Waals surface area contributed by atoms with Crippen LogP contribution in [0.2, 0.25) is 5.02 Å². The zero-order valence-electron chi connectivity index (χ0n) is 67.3. The fourth-order valence-electron chi connectivity index (χ4n) is 13.5. The van der Waals surface area contributed by atoms with E-state index >= 15 is 0 Å². The highest BCUT2D eigenvalue weighted by molar-refractivity contribution is 7.22. The minimum Gasteiger partial charge on any atom is -0.496 e. The number of imide groups is 1. The Kier molecular flexibility index (Phi) is 32.0. The Morgan fingerprint density at radius 2 is 1.48 bits per heavy atom. The van der Waals surface area contributed by atoms with E-state index in [-0.39, 0.29) is 88.3 Å². The van der Waals surface area contributed by atoms with Gasteiger partial charge in [0.05, 0.1) is 81.5 Å². The Morgan fingerprint density at radius 3 is 2.18 bits per heavy atom. The van der Waals surface area contributed by atoms with Gasteiger partial charge < -0.3 is 85.4 Å². The monoisotopic (exact) mass is 1710 g/mol. The standard InChI is InChI=1S/C84H94ClFN14O20S/c1-49(2)74(96-66(101)28-38-116-40-35-99-67(102)25-26-68(99)103)78(108)94-60(14-11-30-89-83(87)113)77(107)93-56-22-19-53(54(42-56)45-97(4)69(104)44-61(81(109)110)95-84(114)118-39-29-70(105)106)46-100(5)36-32-98(33-37-100)34-41-117-64-24-23-58(50(3)73(64)85)71-72-79(90-48-91-80(72)121-75(71)51-17-20-55(86)21-18-51)120-65(82(111)112)43-52-12-7-9-15-62(52)119-47-57-27-31-88-76(92-57)59-13-8-10-16-63(59)115-6/h7-10,12-13,15-27,31,42,48-49,60-61,65,74H,11,14,28-30,32-41,43-47H2,1-6H3,(H9-,87,89,93,94,95,96,101,105,106,107,108,109,110,111,112,113,114)/p+1/t60-,61-,65+,74-/m0/s1. The number of piperazine rings is 1. The van der Waals surface area contributed by atoms with E-state index in [9.17, 15) is 67.3 Å². The minimum atomic E-state index is -1.78. The van der Waals surface area contributed by atoms with Gasteiger partial charge in [-0.2, -0.15) is 0 Å². The molecule has 1 fully saturated rings. The predicted molar refractivity (Wildman–Crippen MR) is 441 cm³/mol. The van der Waals surface area contributed by atoms with Crippen LogP contribution in [0.3, 0.4) is 0 Å². The molecule has 1 saturated heterocycles. The van der Waals surface area contributed by atoms with Crippen molar-refractivity contribution >= 4 is 104 Å². The summed E-state index contributed by atoms with van der Waals surface area (Å²) in [6.45, 7) is 7.88. The molecule has 0 radical (unpaired) electrons. The number of para-hydroxylation sites is 2. The number of methoxy groups -OCH3 is 1. The molecular weight excluding hydrogens is 1610 g/mol. The zero-order valence-corrected chi connectivity index (χ0v) is 68.9. The van der Waals surface area contributed by atoms with Gasteiger partial charge in [-0.15, -0.1) is 11.3 Å². The lowest BCUT2D eigenvalue weighted by atomic mass is 9.96. The van der Waals surface area contributed by atoms with E-state index in [1.807, 2.05) is 37.3 Å². The third kappa shape index (κ3) is 25.2. The summed E-state index contributed by atoms with van der Waals surface area (Å²) < 4.78 is 50.2. The molecule has 0 saturated carbocycles. The number of benzene rings is 5. The molecule has 0 bridgehead atoms. The zero-order chi connectivity index (χ0) is 87.0. The highest BCUT2D eigenvalue weighted by Gasteiger charge is 2.35. The lowest BCUT2D eigenvalue weighted by Crippen LogP contribution is -2.57. The van der Waals surface area contributed by atoms with E-state index in [2.05, 4.69) is 53.5 Å². The quantitative estimate of drug-likeness (QED) is 0.00994. The number of alkyl carbamates (subject to hydrolysis) is 1. The van der Waals surface area contributed by atoms with Crippen LogP contribution in [-0.4, -0.2) is 238 Å². The third-order valence-corrected chi connectivity index (χ3v) is 21.8. The summed E-state index contributed by atoms with van der Waals surface area (Å²) in [5, 5.41) is 43.5. The molecule has 0 unspecified atom stereocenters. The number of nitrogens with zero attached hydrogens (tertiary/aromatic N) is 8. The largest absolute Gasteiger partial charge is 0.496 e. The molecule has 5 aromatic carbocycles. The minimum absolute atomic E-state index is 0.0217. The second-order valence-electron chi connectivity index (χ2n) is 29.3. The van der Waals surface area contributed by atoms with Crippen LogP contribution in [0.4, 0.5) is 19.7 Å². The second kappa shape index (κ2) is 42.8. The van der Waals surface area contributed by atoms with Crippen LogP contribution in [0.5, 0.6) is 23.1 Å². The fraction of sp³-hybridized carbons (Fsp3) is 0.369. The molecule has 2 aliphatic rings. The number of aliphatic carboxylic acids is 3. The number of carbonyl (C=O) groups is 11. The van der Waals surface area contributed by atoms with Crippen molar-refractivity contribution in [3.63, 3.8) is 0 Å². The summed E-state index contributed by atoms with van der Waals surface area (Å²) in [5.74, 6) is -6.96. The number of likely N-dealkylation sites (N-methyl/N-ethyl adjacent to an activating group) is 1. The van der Waals surface area contributed by atoms with Crippen molar-refractivity contribution < 1.29 is 105 Å². The lowest BCUT2D eigenvalue weighted by Gasteiger charge is -2.42. The van der Waals surface area contributed by atoms with Gasteiger partial charge in [0, 0.05) is 92.7 Å². The molecule has 8 aromatic rings. The summed E-state index contributed by atoms with van der Waals surface area (Å²) >= 11 is 8.58. The van der Waals surface area contributed by atoms with Crippen LogP contribution in [0.1, 0.15) is 73.9 Å². The Balaban J connectivity index is 0.822. The van der Waals surface area contributed by atoms with Gasteiger partial charge in [-0.25, -0.2) is 43.5 Å². The van der Waals surface area contributed by atoms with Gasteiger partial charge in [-0.1, -0.05) is 80.0 Å². The number of ether oxygens (including phenoxy) is 6. The molecule has 4 atom stereocenters. The van der Waals surface area contributed by atoms with Crippen LogP contribution in [0.15, 0.2) is 134 Å². The fourth-order valence-corrected chi connectivity index (χ4v) is 14.9. The normalized spacial score (nSPS) is 14.1. The SMILES string of the molecule is COc1ccccc1-c1nccc(COc2ccccc2C[C@@H](Oc2ncnc3sc(-c4ccc(F)cc4)c(-c4ccc(OCCN5CC[N+](C)(Cc6ccc(NC(=O)[C@H](CCCNC(N)=O)NC(=O)[C@@H](NC(=O)CCOCCN7C(=O)C=CC7=O)C(C)C)cc6CN(C)C(=O)C[C@H](NC(=O)OCCC(=O)O)C(=O)O)CC5)c(Cl)c4C)c23)C(=O)O)n1. The van der Waals surface area contributed by atoms with Crippen molar-refractivity contribution in [3.8, 4) is 56.1 Å². The number of quaternary nitrogens is 1. The second-order valence-corrected chi connectivity index (χ2v) is 30.7. The van der Waals surface area contributed by atoms with Gasteiger partial charge in [-0.3, -0.25) is 43.4 Å². The molecule has 121 heavy (non-hydrogen) atoms. The van der Waals surface area contributed by atoms with Crippen LogP contribution in [0, 0.1) is 18.7 Å². The number of urea groups is 1. The number of nitrogens with two attached hydrogens (primary N) is 1. The van der Waals surface area contributed by atoms with Gasteiger partial charge in [-0.05, 0) is 108 Å². The van der Waals surface area contributed by atoms with Crippen molar-refractivity contribution in [2.24, 2.45) is 11.7 Å². The highest BCUT2D eigenvalue weighted by atomic mass is 35.5. The predicted octanol–water partition coefficient (Wildman–Crippen LogP) is 7.93. The van der Waals surface area contributed by atoms with Crippen molar-refractivity contribution in [1.82, 2.24) is 55.9 Å². The number of hydrogen-bond donors (Lipinski definition) is 9. The summed E-state index contributed by atoms with van der Waals surface area (Å²) in [7, 11) is 5.06. The van der Waals surface area contributed by atoms with E-state index < -0.39 is 121 Å². The van der Waals surface area contributed by atoms with E-state index in [1.165, 1.54) is 41.7 Å². The van der Waals surface area contributed by atoms with E-state index in [0.29, 0.717) is 127 Å². The molecule has 34 nitrogen and oxygen atoms in total. The summed E-state index contributed by atoms with van der Waals surface area (Å²) in [4.78, 5) is 164. The molecule has 0 spiro atoms. The first-order valence-electron chi connectivity index (χ1n) is 38.8. The number of nitrogens with one attached hydrogen (secondary N) is 5. The number of hydrogen-bond acceptors (Lipinski definition) is 23. The topological polar surface area (TPSA) is 451 Å². The lowest BCUT2D eigenvalue weighted by molar-refractivity contribution is -0.926. The first-order valence-corrected chi connectivity index (χ1v) is 40.0. The number of primary amides is 1. The van der Waals surface area contributed by atoms with Gasteiger partial charge >= 0.3 is 30.0 Å². The smallest absolute Gasteiger partial charge is 0.407 e. The summed E-state index contributed by atoms with van der Waals surface area (Å²) in [5.41, 5.74) is 11.0. The number of thiophene rings is 1. The van der Waals surface area contributed by atoms with Crippen molar-refractivity contribution in [1.29, 1.82) is 0 Å². The average Bonchev–Trinajstić information content (AvgIpc) is 1.61. The number of halogens is 2. The maximum absolute atomic E-state index is 14.6. The molecule has 10 N–H and O–H groups in total. The Labute approximate surface area is 704 Å². The number of anilines is 1. The molecule has 0 aliphatic carbocycles. The highest BCUT2D eigenvalue weighted by Crippen LogP contribution is 2.50. The number of carboxylic acid groups (broad SMARTS) is 3. The third-order valence-electron chi connectivity index (χ3n) is 20.2. The summed E-state index contributed by atoms with van der Waals surface area (Å²) in [6.07, 6.45) is 0.931. The first kappa shape index (κ1) is 90.6. The first-order chi connectivity index (χ1) is 57.9. The Bertz CT molecular complexity index is 5130. The van der Waals surface area contributed by atoms with Crippen molar-refractivity contribution in [3.05, 3.63) is 173 Å². The molecule has 10 rings (SSSR count). The van der Waals surface area contributed by atoms with Crippen LogP contribution in [0.25, 0.3) is 43.2 Å². The molecule has 2 aliphatic heterocycles. The van der Waals surface area contributed by atoms with Gasteiger partial charge in [0.25, 0.3) is 11.8 Å². The van der Waals surface area contributed by atoms with Crippen LogP contribution < -0.4 is 51.3 Å². The maximum Gasteiger partial charge on any atom is 0.407 e. The summed E-state index contributed by atoms with van der Waals surface area (Å²) in [6, 6.07) is 25.7. The maximum atomic E-state index is 14.6. The number of aromatic nitrogens is 4. The molecule has 37 heteroatoms. The van der Waals surface area contributed by atoms with Crippen molar-refractivity contribution in [2.75, 3.05) is 98.8 Å². The Morgan fingerprint density at radius 1 is 0.752 bits per heavy atom. The van der Waals surface area contributed by atoms with Gasteiger partial charge in [0.2, 0.25) is 35.6 Å². The molecular formula is C84H95ClFN14O20S+. The Hall–Kier alpha value is -12.8. The van der Waals surface area contributed by atoms with E-state index in [1.54, 1.807) is 93.9 Å². The number of rotatable bonds is 43. The molecule has 5 heterocycles. The van der Waals surface area contributed by atoms with Crippen LogP contribution >= 0.6 is 22.9 Å². The average molecular weight is 1710 g/mol. The van der Waals surface area contributed by atoms with Gasteiger partial charge in [0.1, 0.15) is 78.7 Å². The number of fused-ring (bicyclic) bond motifs is 1. The number of amides is 9. The van der Waals surface area contributed by atoms with Crippen LogP contribution in [-0.2, 0) is 78.7 Å². The van der Waals surface area contributed by atoms with E-state index in [4.69, 9.17) is 55.8 Å². The number of carboxylic acids is 3. The number of carbonyl (C=O) groups excluding carboxylic acids is 8. The van der Waals surface area contributed by atoms with E-state index in [0.717, 1.165) is 22.6 Å². The van der Waals surface area contributed by atoms with Gasteiger partial charge in [0.15, 0.2) is 5.82 Å². The molecule has 640 valence electrons.